The summed E-state index contributed by atoms with van der Waals surface area (Å²) in [5.74, 6) is 0.589. The number of aromatic nitrogens is 3. The quantitative estimate of drug-likeness (QED) is 0.484. The highest BCUT2D eigenvalue weighted by molar-refractivity contribution is 14.0. The summed E-state index contributed by atoms with van der Waals surface area (Å²) < 4.78 is 29.2. The lowest BCUT2D eigenvalue weighted by molar-refractivity contribution is 0.233. The molecule has 1 saturated carbocycles. The standard InChI is InChI=1S/C20H20F2N4.HI/c1-25-19(23-24-20(25)14-5-3-2-4-6-14)13-26(17-9-10-17)12-15-7-8-16(21)11-18(15)22;/h2-8,11,17H,9-10,12-13H2,1H3;1H. The summed E-state index contributed by atoms with van der Waals surface area (Å²) in [5.41, 5.74) is 1.51. The maximum absolute atomic E-state index is 14.0. The van der Waals surface area contributed by atoms with Crippen LogP contribution in [0.15, 0.2) is 48.5 Å². The van der Waals surface area contributed by atoms with Gasteiger partial charge in [0.25, 0.3) is 0 Å². The average molecular weight is 482 g/mol. The van der Waals surface area contributed by atoms with Crippen molar-refractivity contribution >= 4 is 24.0 Å². The van der Waals surface area contributed by atoms with Gasteiger partial charge in [0.05, 0.1) is 6.54 Å². The highest BCUT2D eigenvalue weighted by Crippen LogP contribution is 2.30. The first kappa shape index (κ1) is 19.9. The largest absolute Gasteiger partial charge is 0.313 e. The Labute approximate surface area is 174 Å². The Morgan fingerprint density at radius 1 is 1.04 bits per heavy atom. The zero-order valence-electron chi connectivity index (χ0n) is 15.0. The molecular formula is C20H21F2IN4. The second kappa shape index (κ2) is 8.43. The molecule has 7 heteroatoms. The fourth-order valence-electron chi connectivity index (χ4n) is 3.14. The minimum absolute atomic E-state index is 0. The van der Waals surface area contributed by atoms with Crippen LogP contribution in [0.1, 0.15) is 24.2 Å². The molecule has 0 radical (unpaired) electrons. The molecule has 1 fully saturated rings. The van der Waals surface area contributed by atoms with Crippen molar-refractivity contribution in [3.63, 3.8) is 0 Å². The smallest absolute Gasteiger partial charge is 0.163 e. The van der Waals surface area contributed by atoms with Crippen LogP contribution in [0.3, 0.4) is 0 Å². The third-order valence-corrected chi connectivity index (χ3v) is 4.79. The Morgan fingerprint density at radius 2 is 1.78 bits per heavy atom. The molecule has 1 aliphatic rings. The third-order valence-electron chi connectivity index (χ3n) is 4.79. The van der Waals surface area contributed by atoms with Gasteiger partial charge in [-0.15, -0.1) is 34.2 Å². The zero-order chi connectivity index (χ0) is 18.1. The van der Waals surface area contributed by atoms with Gasteiger partial charge < -0.3 is 4.57 Å². The van der Waals surface area contributed by atoms with Gasteiger partial charge in [0.2, 0.25) is 0 Å². The predicted molar refractivity (Wildman–Crippen MR) is 110 cm³/mol. The second-order valence-corrected chi connectivity index (χ2v) is 6.74. The first-order valence-electron chi connectivity index (χ1n) is 8.73. The zero-order valence-corrected chi connectivity index (χ0v) is 17.3. The summed E-state index contributed by atoms with van der Waals surface area (Å²) in [6.45, 7) is 1.02. The summed E-state index contributed by atoms with van der Waals surface area (Å²) in [7, 11) is 1.95. The van der Waals surface area contributed by atoms with Gasteiger partial charge in [-0.1, -0.05) is 36.4 Å². The van der Waals surface area contributed by atoms with Crippen molar-refractivity contribution in [3.05, 3.63) is 71.6 Å². The Bertz CT molecular complexity index is 910. The number of rotatable bonds is 6. The van der Waals surface area contributed by atoms with E-state index >= 15 is 0 Å². The molecule has 4 nitrogen and oxygen atoms in total. The molecule has 1 aliphatic carbocycles. The number of benzene rings is 2. The van der Waals surface area contributed by atoms with E-state index in [9.17, 15) is 8.78 Å². The summed E-state index contributed by atoms with van der Waals surface area (Å²) in [4.78, 5) is 2.19. The molecule has 0 amide bonds. The van der Waals surface area contributed by atoms with E-state index in [1.54, 1.807) is 0 Å². The molecule has 1 heterocycles. The van der Waals surface area contributed by atoms with Crippen molar-refractivity contribution in [2.24, 2.45) is 7.05 Å². The number of halogens is 3. The van der Waals surface area contributed by atoms with Crippen LogP contribution in [0.5, 0.6) is 0 Å². The molecule has 0 aliphatic heterocycles. The van der Waals surface area contributed by atoms with Crippen LogP contribution in [0.2, 0.25) is 0 Å². The molecule has 3 aromatic rings. The summed E-state index contributed by atoms with van der Waals surface area (Å²) in [6.07, 6.45) is 2.18. The highest BCUT2D eigenvalue weighted by Gasteiger charge is 2.30. The molecule has 1 aromatic heterocycles. The van der Waals surface area contributed by atoms with Gasteiger partial charge >= 0.3 is 0 Å². The minimum atomic E-state index is -0.551. The van der Waals surface area contributed by atoms with Gasteiger partial charge in [-0.25, -0.2) is 8.78 Å². The van der Waals surface area contributed by atoms with Gasteiger partial charge in [-0.05, 0) is 18.9 Å². The minimum Gasteiger partial charge on any atom is -0.313 e. The van der Waals surface area contributed by atoms with Gasteiger partial charge in [0.1, 0.15) is 17.5 Å². The van der Waals surface area contributed by atoms with Crippen LogP contribution in [-0.4, -0.2) is 25.7 Å². The molecule has 0 unspecified atom stereocenters. The third kappa shape index (κ3) is 4.52. The molecule has 27 heavy (non-hydrogen) atoms. The Kier molecular flexibility index (Phi) is 6.21. The normalized spacial score (nSPS) is 13.6. The molecule has 0 atom stereocenters. The van der Waals surface area contributed by atoms with Gasteiger partial charge in [0, 0.05) is 36.8 Å². The van der Waals surface area contributed by atoms with E-state index in [2.05, 4.69) is 15.1 Å². The molecule has 0 spiro atoms. The molecule has 0 bridgehead atoms. The Balaban J connectivity index is 0.00000210. The van der Waals surface area contributed by atoms with E-state index in [1.165, 1.54) is 12.1 Å². The lowest BCUT2D eigenvalue weighted by Crippen LogP contribution is -2.27. The predicted octanol–water partition coefficient (Wildman–Crippen LogP) is 4.54. The van der Waals surface area contributed by atoms with Crippen molar-refractivity contribution < 1.29 is 8.78 Å². The molecule has 0 saturated heterocycles. The molecule has 2 aromatic carbocycles. The first-order valence-corrected chi connectivity index (χ1v) is 8.73. The lowest BCUT2D eigenvalue weighted by atomic mass is 10.2. The van der Waals surface area contributed by atoms with Crippen LogP contribution in [0.25, 0.3) is 11.4 Å². The van der Waals surface area contributed by atoms with E-state index in [0.717, 1.165) is 36.1 Å². The lowest BCUT2D eigenvalue weighted by Gasteiger charge is -2.22. The molecular weight excluding hydrogens is 461 g/mol. The van der Waals surface area contributed by atoms with E-state index < -0.39 is 11.6 Å². The van der Waals surface area contributed by atoms with Crippen molar-refractivity contribution in [3.8, 4) is 11.4 Å². The number of hydrogen-bond acceptors (Lipinski definition) is 3. The molecule has 0 N–H and O–H groups in total. The summed E-state index contributed by atoms with van der Waals surface area (Å²) >= 11 is 0. The van der Waals surface area contributed by atoms with Crippen LogP contribution in [0.4, 0.5) is 8.78 Å². The number of nitrogens with zero attached hydrogens (tertiary/aromatic N) is 4. The average Bonchev–Trinajstić information content (AvgIpc) is 3.42. The monoisotopic (exact) mass is 482 g/mol. The van der Waals surface area contributed by atoms with Crippen LogP contribution < -0.4 is 0 Å². The Morgan fingerprint density at radius 3 is 2.44 bits per heavy atom. The summed E-state index contributed by atoms with van der Waals surface area (Å²) in [5, 5.41) is 8.66. The fraction of sp³-hybridized carbons (Fsp3) is 0.300. The maximum atomic E-state index is 14.0. The topological polar surface area (TPSA) is 34.0 Å². The molecule has 142 valence electrons. The first-order chi connectivity index (χ1) is 12.6. The van der Waals surface area contributed by atoms with Crippen molar-refractivity contribution in [2.45, 2.75) is 32.0 Å². The van der Waals surface area contributed by atoms with Crippen LogP contribution in [0, 0.1) is 11.6 Å². The Hall–Kier alpha value is -1.87. The van der Waals surface area contributed by atoms with Gasteiger partial charge in [-0.3, -0.25) is 4.90 Å². The summed E-state index contributed by atoms with van der Waals surface area (Å²) in [6, 6.07) is 14.1. The molecule has 4 rings (SSSR count). The van der Waals surface area contributed by atoms with Crippen molar-refractivity contribution in [1.29, 1.82) is 0 Å². The van der Waals surface area contributed by atoms with Crippen molar-refractivity contribution in [2.75, 3.05) is 0 Å². The fourth-order valence-corrected chi connectivity index (χ4v) is 3.14. The van der Waals surface area contributed by atoms with E-state index in [0.29, 0.717) is 24.7 Å². The van der Waals surface area contributed by atoms with E-state index in [-0.39, 0.29) is 24.0 Å². The second-order valence-electron chi connectivity index (χ2n) is 6.74. The van der Waals surface area contributed by atoms with E-state index in [1.807, 2.05) is 41.9 Å². The SMILES string of the molecule is Cn1c(CN(Cc2ccc(F)cc2F)C2CC2)nnc1-c1ccccc1.I. The number of hydrogen-bond donors (Lipinski definition) is 0. The van der Waals surface area contributed by atoms with Gasteiger partial charge in [-0.2, -0.15) is 0 Å². The van der Waals surface area contributed by atoms with Crippen LogP contribution >= 0.6 is 24.0 Å². The van der Waals surface area contributed by atoms with Gasteiger partial charge in [0.15, 0.2) is 5.82 Å². The van der Waals surface area contributed by atoms with E-state index in [4.69, 9.17) is 0 Å². The van der Waals surface area contributed by atoms with Crippen LogP contribution in [-0.2, 0) is 20.1 Å². The maximum Gasteiger partial charge on any atom is 0.163 e. The highest BCUT2D eigenvalue weighted by atomic mass is 127. The van der Waals surface area contributed by atoms with Crippen molar-refractivity contribution in [1.82, 2.24) is 19.7 Å².